The first kappa shape index (κ1) is 9.95. The highest BCUT2D eigenvalue weighted by Crippen LogP contribution is 2.24. The summed E-state index contributed by atoms with van der Waals surface area (Å²) in [7, 11) is -1.42. The van der Waals surface area contributed by atoms with Gasteiger partial charge in [-0.25, -0.2) is 12.7 Å². The van der Waals surface area contributed by atoms with Crippen LogP contribution in [0, 0.1) is 0 Å². The van der Waals surface area contributed by atoms with E-state index in [0.29, 0.717) is 12.6 Å². The van der Waals surface area contributed by atoms with E-state index in [1.54, 1.807) is 7.05 Å². The van der Waals surface area contributed by atoms with Gasteiger partial charge in [0.1, 0.15) is 0 Å². The molecule has 0 spiro atoms. The summed E-state index contributed by atoms with van der Waals surface area (Å²) in [6, 6.07) is 0. The van der Waals surface area contributed by atoms with E-state index in [9.17, 15) is 8.42 Å². The van der Waals surface area contributed by atoms with Crippen LogP contribution in [0.4, 0.5) is 0 Å². The van der Waals surface area contributed by atoms with Crippen molar-refractivity contribution in [3.8, 4) is 0 Å². The minimum Gasteiger partial charge on any atom is -0.370 e. The molecule has 0 radical (unpaired) electrons. The molecule has 12 heavy (non-hydrogen) atoms. The van der Waals surface area contributed by atoms with Gasteiger partial charge in [0.05, 0.1) is 18.5 Å². The number of ether oxygens (including phenoxy) is 1. The van der Waals surface area contributed by atoms with Gasteiger partial charge in [0, 0.05) is 13.6 Å². The number of rotatable bonds is 4. The Morgan fingerprint density at radius 1 is 1.50 bits per heavy atom. The summed E-state index contributed by atoms with van der Waals surface area (Å²) in [5.41, 5.74) is 0. The number of nitrogens with zero attached hydrogens (tertiary/aromatic N) is 1. The summed E-state index contributed by atoms with van der Waals surface area (Å²) in [6.45, 7) is 2.54. The molecule has 72 valence electrons. The highest BCUT2D eigenvalue weighted by atomic mass is 32.2. The first-order valence-electron chi connectivity index (χ1n) is 3.98. The second-order valence-electron chi connectivity index (χ2n) is 3.25. The van der Waals surface area contributed by atoms with Crippen LogP contribution in [0.15, 0.2) is 0 Å². The zero-order chi connectivity index (χ0) is 9.35. The Labute approximate surface area is 73.6 Å². The Morgan fingerprint density at radius 3 is 2.33 bits per heavy atom. The average Bonchev–Trinajstić information content (AvgIpc) is 2.59. The van der Waals surface area contributed by atoms with Gasteiger partial charge in [0.25, 0.3) is 0 Å². The molecule has 0 aliphatic carbocycles. The lowest BCUT2D eigenvalue weighted by molar-refractivity contribution is 0.355. The summed E-state index contributed by atoms with van der Waals surface area (Å²) < 4.78 is 28.4. The zero-order valence-corrected chi connectivity index (χ0v) is 8.47. The van der Waals surface area contributed by atoms with Gasteiger partial charge in [0.15, 0.2) is 0 Å². The molecule has 0 N–H and O–H groups in total. The lowest BCUT2D eigenvalue weighted by Gasteiger charge is -2.12. The van der Waals surface area contributed by atoms with Crippen LogP contribution in [0.25, 0.3) is 0 Å². The highest BCUT2D eigenvalue weighted by molar-refractivity contribution is 7.88. The van der Waals surface area contributed by atoms with Crippen LogP contribution in [-0.2, 0) is 14.8 Å². The maximum absolute atomic E-state index is 10.9. The SMILES string of the molecule is C[C@@H]1O[C@@H]1CCN(C)S(C)(=O)=O. The van der Waals surface area contributed by atoms with Crippen LogP contribution in [0.1, 0.15) is 13.3 Å². The smallest absolute Gasteiger partial charge is 0.210 e. The van der Waals surface area contributed by atoms with Crippen molar-refractivity contribution in [2.45, 2.75) is 25.6 Å². The molecule has 5 heteroatoms. The average molecular weight is 193 g/mol. The summed E-state index contributed by atoms with van der Waals surface area (Å²) in [5.74, 6) is 0. The van der Waals surface area contributed by atoms with Crippen molar-refractivity contribution in [2.75, 3.05) is 19.8 Å². The van der Waals surface area contributed by atoms with Crippen LogP contribution in [-0.4, -0.2) is 44.8 Å². The van der Waals surface area contributed by atoms with E-state index < -0.39 is 10.0 Å². The van der Waals surface area contributed by atoms with E-state index in [1.165, 1.54) is 10.6 Å². The number of hydrogen-bond acceptors (Lipinski definition) is 3. The van der Waals surface area contributed by atoms with Gasteiger partial charge in [-0.15, -0.1) is 0 Å². The first-order valence-corrected chi connectivity index (χ1v) is 5.83. The van der Waals surface area contributed by atoms with E-state index >= 15 is 0 Å². The summed E-state index contributed by atoms with van der Waals surface area (Å²) >= 11 is 0. The van der Waals surface area contributed by atoms with E-state index in [4.69, 9.17) is 4.74 Å². The predicted molar refractivity (Wildman–Crippen MR) is 46.4 cm³/mol. The second-order valence-corrected chi connectivity index (χ2v) is 5.34. The Bertz CT molecular complexity index is 249. The predicted octanol–water partition coefficient (Wildman–Crippen LogP) is 0.0552. The van der Waals surface area contributed by atoms with Crippen molar-refractivity contribution in [1.82, 2.24) is 4.31 Å². The Balaban J connectivity index is 2.23. The molecule has 1 aliphatic heterocycles. The molecule has 1 rings (SSSR count). The van der Waals surface area contributed by atoms with Crippen molar-refractivity contribution < 1.29 is 13.2 Å². The number of epoxide rings is 1. The molecule has 0 amide bonds. The van der Waals surface area contributed by atoms with E-state index in [1.807, 2.05) is 6.92 Å². The number of sulfonamides is 1. The quantitative estimate of drug-likeness (QED) is 0.593. The Morgan fingerprint density at radius 2 is 2.00 bits per heavy atom. The molecule has 0 aromatic carbocycles. The van der Waals surface area contributed by atoms with Crippen molar-refractivity contribution in [2.24, 2.45) is 0 Å². The maximum Gasteiger partial charge on any atom is 0.210 e. The maximum atomic E-state index is 10.9. The Hall–Kier alpha value is -0.130. The first-order chi connectivity index (χ1) is 5.41. The standard InChI is InChI=1S/C7H15NO3S/c1-6-7(11-6)4-5-8(2)12(3,9)10/h6-7H,4-5H2,1-3H3/t6-,7+/m0/s1. The molecule has 1 heterocycles. The van der Waals surface area contributed by atoms with Gasteiger partial charge in [0.2, 0.25) is 10.0 Å². The van der Waals surface area contributed by atoms with Crippen LogP contribution < -0.4 is 0 Å². The summed E-state index contributed by atoms with van der Waals surface area (Å²) in [6.07, 6.45) is 2.60. The van der Waals surface area contributed by atoms with Crippen LogP contribution in [0.3, 0.4) is 0 Å². The van der Waals surface area contributed by atoms with Gasteiger partial charge in [-0.3, -0.25) is 0 Å². The fraction of sp³-hybridized carbons (Fsp3) is 1.00. The van der Waals surface area contributed by atoms with E-state index in [0.717, 1.165) is 6.42 Å². The van der Waals surface area contributed by atoms with E-state index in [-0.39, 0.29) is 6.10 Å². The summed E-state index contributed by atoms with van der Waals surface area (Å²) in [4.78, 5) is 0. The zero-order valence-electron chi connectivity index (χ0n) is 7.65. The monoisotopic (exact) mass is 193 g/mol. The lowest BCUT2D eigenvalue weighted by Crippen LogP contribution is -2.27. The normalized spacial score (nSPS) is 29.3. The molecule has 0 bridgehead atoms. The molecule has 1 fully saturated rings. The van der Waals surface area contributed by atoms with Crippen LogP contribution in [0.2, 0.25) is 0 Å². The molecule has 0 saturated carbocycles. The van der Waals surface area contributed by atoms with Gasteiger partial charge < -0.3 is 4.74 Å². The molecule has 0 aromatic heterocycles. The topological polar surface area (TPSA) is 49.9 Å². The molecule has 1 aliphatic rings. The molecule has 0 aromatic rings. The second kappa shape index (κ2) is 3.32. The van der Waals surface area contributed by atoms with Gasteiger partial charge in [-0.1, -0.05) is 0 Å². The molecule has 1 saturated heterocycles. The minimum atomic E-state index is -3.01. The van der Waals surface area contributed by atoms with Crippen molar-refractivity contribution >= 4 is 10.0 Å². The van der Waals surface area contributed by atoms with Crippen LogP contribution >= 0.6 is 0 Å². The molecule has 2 atom stereocenters. The third-order valence-electron chi connectivity index (χ3n) is 2.13. The fourth-order valence-electron chi connectivity index (χ4n) is 1.01. The van der Waals surface area contributed by atoms with Crippen LogP contribution in [0.5, 0.6) is 0 Å². The summed E-state index contributed by atoms with van der Waals surface area (Å²) in [5, 5.41) is 0. The van der Waals surface area contributed by atoms with Crippen molar-refractivity contribution in [3.05, 3.63) is 0 Å². The molecule has 0 unspecified atom stereocenters. The van der Waals surface area contributed by atoms with Crippen molar-refractivity contribution in [3.63, 3.8) is 0 Å². The Kier molecular flexibility index (Phi) is 2.75. The van der Waals surface area contributed by atoms with Gasteiger partial charge in [-0.05, 0) is 13.3 Å². The van der Waals surface area contributed by atoms with Crippen molar-refractivity contribution in [1.29, 1.82) is 0 Å². The van der Waals surface area contributed by atoms with Gasteiger partial charge >= 0.3 is 0 Å². The molecule has 4 nitrogen and oxygen atoms in total. The molecular formula is C7H15NO3S. The molecular weight excluding hydrogens is 178 g/mol. The highest BCUT2D eigenvalue weighted by Gasteiger charge is 2.34. The minimum absolute atomic E-state index is 0.272. The lowest BCUT2D eigenvalue weighted by atomic mass is 10.2. The largest absolute Gasteiger partial charge is 0.370 e. The fourth-order valence-corrected chi connectivity index (χ4v) is 1.45. The van der Waals surface area contributed by atoms with E-state index in [2.05, 4.69) is 0 Å². The third-order valence-corrected chi connectivity index (χ3v) is 3.45. The number of hydrogen-bond donors (Lipinski definition) is 0. The third kappa shape index (κ3) is 2.73. The van der Waals surface area contributed by atoms with Gasteiger partial charge in [-0.2, -0.15) is 0 Å².